The second kappa shape index (κ2) is 10.2. The standard InChI is InChI=1S/C22H25N7O2S2/c1-5-29-12-24-19-16(29)18(23-11-14-7-9-15(32-4)10-8-14)26-21(27-19)28-22-25-13(3)17(33-22)20(30)31-6-2/h7-10,12H,5-6,11H2,1-4H3,(H2,23,25,26,27,28). The van der Waals surface area contributed by atoms with E-state index in [1.165, 1.54) is 16.2 Å². The lowest BCUT2D eigenvalue weighted by molar-refractivity contribution is 0.0531. The summed E-state index contributed by atoms with van der Waals surface area (Å²) in [5.74, 6) is 0.649. The third-order valence-corrected chi connectivity index (χ3v) is 6.70. The molecular weight excluding hydrogens is 458 g/mol. The molecule has 9 nitrogen and oxygen atoms in total. The molecule has 0 saturated carbocycles. The number of thiazole rings is 1. The molecule has 11 heteroatoms. The first-order valence-electron chi connectivity index (χ1n) is 10.5. The highest BCUT2D eigenvalue weighted by atomic mass is 32.2. The summed E-state index contributed by atoms with van der Waals surface area (Å²) in [7, 11) is 0. The molecule has 172 valence electrons. The zero-order valence-electron chi connectivity index (χ0n) is 18.9. The fourth-order valence-corrected chi connectivity index (χ4v) is 4.52. The van der Waals surface area contributed by atoms with Crippen LogP contribution < -0.4 is 10.6 Å². The number of carbonyl (C=O) groups is 1. The second-order valence-electron chi connectivity index (χ2n) is 7.08. The summed E-state index contributed by atoms with van der Waals surface area (Å²) < 4.78 is 7.11. The first-order chi connectivity index (χ1) is 16.0. The highest BCUT2D eigenvalue weighted by molar-refractivity contribution is 7.98. The minimum Gasteiger partial charge on any atom is -0.462 e. The summed E-state index contributed by atoms with van der Waals surface area (Å²) >= 11 is 2.93. The average Bonchev–Trinajstić information content (AvgIpc) is 3.40. The number of carbonyl (C=O) groups excluding carboxylic acids is 1. The van der Waals surface area contributed by atoms with Crippen molar-refractivity contribution in [3.8, 4) is 0 Å². The average molecular weight is 484 g/mol. The number of nitrogens with one attached hydrogen (secondary N) is 2. The maximum Gasteiger partial charge on any atom is 0.350 e. The van der Waals surface area contributed by atoms with Gasteiger partial charge in [0.25, 0.3) is 0 Å². The number of benzene rings is 1. The fourth-order valence-electron chi connectivity index (χ4n) is 3.26. The maximum atomic E-state index is 12.1. The van der Waals surface area contributed by atoms with E-state index in [9.17, 15) is 4.79 Å². The van der Waals surface area contributed by atoms with Crippen molar-refractivity contribution in [1.29, 1.82) is 0 Å². The largest absolute Gasteiger partial charge is 0.462 e. The van der Waals surface area contributed by atoms with Crippen LogP contribution in [-0.4, -0.2) is 43.3 Å². The zero-order chi connectivity index (χ0) is 23.4. The number of ether oxygens (including phenoxy) is 1. The molecule has 0 atom stereocenters. The summed E-state index contributed by atoms with van der Waals surface area (Å²) in [4.78, 5) is 31.9. The van der Waals surface area contributed by atoms with E-state index in [0.717, 1.165) is 17.6 Å². The van der Waals surface area contributed by atoms with Gasteiger partial charge in [-0.05, 0) is 44.7 Å². The van der Waals surface area contributed by atoms with Crippen LogP contribution in [0, 0.1) is 6.92 Å². The van der Waals surface area contributed by atoms with Crippen molar-refractivity contribution in [2.75, 3.05) is 23.5 Å². The van der Waals surface area contributed by atoms with E-state index in [1.54, 1.807) is 31.9 Å². The van der Waals surface area contributed by atoms with Crippen molar-refractivity contribution in [3.63, 3.8) is 0 Å². The predicted molar refractivity (Wildman–Crippen MR) is 133 cm³/mol. The molecule has 0 fully saturated rings. The quantitative estimate of drug-likeness (QED) is 0.255. The van der Waals surface area contributed by atoms with E-state index in [0.29, 0.717) is 46.3 Å². The molecule has 4 rings (SSSR count). The minimum absolute atomic E-state index is 0.313. The number of rotatable bonds is 9. The molecule has 0 unspecified atom stereocenters. The monoisotopic (exact) mass is 483 g/mol. The van der Waals surface area contributed by atoms with Gasteiger partial charge in [0, 0.05) is 18.0 Å². The summed E-state index contributed by atoms with van der Waals surface area (Å²) in [6.07, 6.45) is 3.82. The maximum absolute atomic E-state index is 12.1. The number of aromatic nitrogens is 5. The number of hydrogen-bond donors (Lipinski definition) is 2. The number of aryl methyl sites for hydroxylation is 2. The number of esters is 1. The Morgan fingerprint density at radius 1 is 1.18 bits per heavy atom. The molecule has 3 heterocycles. The van der Waals surface area contributed by atoms with Gasteiger partial charge in [-0.25, -0.2) is 14.8 Å². The number of nitrogens with zero attached hydrogens (tertiary/aromatic N) is 5. The van der Waals surface area contributed by atoms with Gasteiger partial charge < -0.3 is 14.6 Å². The van der Waals surface area contributed by atoms with Gasteiger partial charge in [0.2, 0.25) is 5.95 Å². The topological polar surface area (TPSA) is 107 Å². The van der Waals surface area contributed by atoms with Gasteiger partial charge in [0.05, 0.1) is 18.6 Å². The van der Waals surface area contributed by atoms with Crippen LogP contribution >= 0.6 is 23.1 Å². The Bertz CT molecular complexity index is 1270. The number of hydrogen-bond acceptors (Lipinski definition) is 10. The van der Waals surface area contributed by atoms with Crippen LogP contribution in [0.5, 0.6) is 0 Å². The molecule has 4 aromatic rings. The molecule has 2 N–H and O–H groups in total. The van der Waals surface area contributed by atoms with Gasteiger partial charge in [0.1, 0.15) is 10.4 Å². The SMILES string of the molecule is CCOC(=O)c1sc(Nc2nc(NCc3ccc(SC)cc3)c3c(ncn3CC)n2)nc1C. The van der Waals surface area contributed by atoms with E-state index in [2.05, 4.69) is 56.1 Å². The molecule has 0 aliphatic rings. The first kappa shape index (κ1) is 23.0. The van der Waals surface area contributed by atoms with E-state index < -0.39 is 0 Å². The number of imidazole rings is 1. The van der Waals surface area contributed by atoms with E-state index in [1.807, 2.05) is 11.5 Å². The summed E-state index contributed by atoms with van der Waals surface area (Å²) in [5, 5.41) is 7.07. The Labute approximate surface area is 200 Å². The Kier molecular flexibility index (Phi) is 7.09. The molecule has 33 heavy (non-hydrogen) atoms. The summed E-state index contributed by atoms with van der Waals surface area (Å²) in [6, 6.07) is 8.41. The molecule has 0 amide bonds. The second-order valence-corrected chi connectivity index (χ2v) is 8.96. The Morgan fingerprint density at radius 2 is 1.97 bits per heavy atom. The van der Waals surface area contributed by atoms with Crippen molar-refractivity contribution >= 4 is 57.1 Å². The highest BCUT2D eigenvalue weighted by Gasteiger charge is 2.18. The molecule has 0 spiro atoms. The lowest BCUT2D eigenvalue weighted by atomic mass is 10.2. The lowest BCUT2D eigenvalue weighted by Crippen LogP contribution is -2.07. The van der Waals surface area contributed by atoms with E-state index >= 15 is 0 Å². The predicted octanol–water partition coefficient (Wildman–Crippen LogP) is 4.87. The zero-order valence-corrected chi connectivity index (χ0v) is 20.5. The van der Waals surface area contributed by atoms with Crippen LogP contribution in [0.15, 0.2) is 35.5 Å². The number of fused-ring (bicyclic) bond motifs is 1. The van der Waals surface area contributed by atoms with Crippen LogP contribution in [0.1, 0.15) is 34.8 Å². The molecule has 3 aromatic heterocycles. The van der Waals surface area contributed by atoms with Gasteiger partial charge >= 0.3 is 5.97 Å². The number of thioether (sulfide) groups is 1. The third-order valence-electron chi connectivity index (χ3n) is 4.91. The first-order valence-corrected chi connectivity index (χ1v) is 12.6. The van der Waals surface area contributed by atoms with E-state index in [4.69, 9.17) is 9.72 Å². The van der Waals surface area contributed by atoms with Gasteiger partial charge in [0.15, 0.2) is 16.6 Å². The van der Waals surface area contributed by atoms with Crippen LogP contribution in [0.4, 0.5) is 16.9 Å². The summed E-state index contributed by atoms with van der Waals surface area (Å²) in [6.45, 7) is 7.27. The van der Waals surface area contributed by atoms with Crippen LogP contribution in [0.3, 0.4) is 0 Å². The Hall–Kier alpha value is -3.18. The summed E-state index contributed by atoms with van der Waals surface area (Å²) in [5.41, 5.74) is 3.16. The lowest BCUT2D eigenvalue weighted by Gasteiger charge is -2.11. The van der Waals surface area contributed by atoms with Gasteiger partial charge in [-0.3, -0.25) is 5.32 Å². The van der Waals surface area contributed by atoms with Crippen LogP contribution in [0.2, 0.25) is 0 Å². The molecule has 0 saturated heterocycles. The van der Waals surface area contributed by atoms with Crippen molar-refractivity contribution in [2.45, 2.75) is 38.8 Å². The van der Waals surface area contributed by atoms with Gasteiger partial charge in [-0.1, -0.05) is 23.5 Å². The minimum atomic E-state index is -0.381. The Balaban J connectivity index is 1.62. The molecule has 1 aromatic carbocycles. The molecule has 0 aliphatic heterocycles. The number of anilines is 3. The fraction of sp³-hybridized carbons (Fsp3) is 0.318. The van der Waals surface area contributed by atoms with Crippen molar-refractivity contribution in [1.82, 2.24) is 24.5 Å². The van der Waals surface area contributed by atoms with Crippen LogP contribution in [-0.2, 0) is 17.8 Å². The Morgan fingerprint density at radius 3 is 2.67 bits per heavy atom. The molecule has 0 bridgehead atoms. The van der Waals surface area contributed by atoms with Crippen molar-refractivity contribution in [3.05, 3.63) is 46.7 Å². The van der Waals surface area contributed by atoms with Gasteiger partial charge in [-0.2, -0.15) is 9.97 Å². The third kappa shape index (κ3) is 5.09. The van der Waals surface area contributed by atoms with Crippen LogP contribution in [0.25, 0.3) is 11.2 Å². The highest BCUT2D eigenvalue weighted by Crippen LogP contribution is 2.28. The van der Waals surface area contributed by atoms with Crippen molar-refractivity contribution < 1.29 is 9.53 Å². The van der Waals surface area contributed by atoms with Crippen molar-refractivity contribution in [2.24, 2.45) is 0 Å². The molecule has 0 aliphatic carbocycles. The smallest absolute Gasteiger partial charge is 0.350 e. The normalized spacial score (nSPS) is 11.0. The molecule has 0 radical (unpaired) electrons. The van der Waals surface area contributed by atoms with Gasteiger partial charge in [-0.15, -0.1) is 11.8 Å². The molecular formula is C22H25N7O2S2. The van der Waals surface area contributed by atoms with E-state index in [-0.39, 0.29) is 5.97 Å².